The zero-order valence-electron chi connectivity index (χ0n) is 11.6. The molecule has 0 fully saturated rings. The monoisotopic (exact) mass is 259 g/mol. The molecule has 1 unspecified atom stereocenters. The molecule has 0 spiro atoms. The van der Waals surface area contributed by atoms with Crippen LogP contribution in [0.2, 0.25) is 0 Å². The van der Waals surface area contributed by atoms with Gasteiger partial charge in [-0.2, -0.15) is 5.10 Å². The molecule has 4 heteroatoms. The molecule has 0 amide bonds. The Bertz CT molecular complexity index is 248. The van der Waals surface area contributed by atoms with Crippen LogP contribution in [0, 0.1) is 5.41 Å². The van der Waals surface area contributed by atoms with Gasteiger partial charge in [0.05, 0.1) is 0 Å². The molecule has 1 aliphatic heterocycles. The zero-order chi connectivity index (χ0) is 12.9. The normalized spacial score (nSPS) is 20.4. The molecule has 0 bridgehead atoms. The maximum atomic E-state index is 6.39. The molecule has 0 aromatic carbocycles. The lowest BCUT2D eigenvalue weighted by molar-refractivity contribution is 0.164. The minimum Gasteiger partial charge on any atom is -0.326 e. The molecule has 1 heterocycles. The molecule has 1 atom stereocenters. The van der Waals surface area contributed by atoms with Gasteiger partial charge in [0.15, 0.2) is 5.62 Å². The van der Waals surface area contributed by atoms with Crippen LogP contribution < -0.4 is 0 Å². The van der Waals surface area contributed by atoms with Gasteiger partial charge in [-0.25, -0.2) is 0 Å². The third kappa shape index (κ3) is 5.15. The highest BCUT2D eigenvalue weighted by Gasteiger charge is 2.28. The number of unbranched alkanes of at least 4 members (excludes halogenated alkanes) is 3. The second kappa shape index (κ2) is 6.48. The predicted octanol–water partition coefficient (Wildman–Crippen LogP) is 3.70. The minimum atomic E-state index is -0.101. The van der Waals surface area contributed by atoms with E-state index in [1.165, 1.54) is 25.7 Å². The fourth-order valence-corrected chi connectivity index (χ4v) is 2.21. The third-order valence-corrected chi connectivity index (χ3v) is 3.24. The van der Waals surface area contributed by atoms with E-state index in [1.807, 2.05) is 11.3 Å². The second-order valence-electron chi connectivity index (χ2n) is 6.00. The van der Waals surface area contributed by atoms with Gasteiger partial charge in [0.25, 0.3) is 0 Å². The van der Waals surface area contributed by atoms with Gasteiger partial charge >= 0.3 is 0 Å². The van der Waals surface area contributed by atoms with E-state index in [0.717, 1.165) is 13.1 Å². The van der Waals surface area contributed by atoms with Crippen molar-refractivity contribution in [3.05, 3.63) is 0 Å². The van der Waals surface area contributed by atoms with Crippen molar-refractivity contribution in [3.63, 3.8) is 0 Å². The third-order valence-electron chi connectivity index (χ3n) is 2.77. The van der Waals surface area contributed by atoms with Gasteiger partial charge in [-0.05, 0) is 11.8 Å². The molecule has 0 aromatic rings. The Morgan fingerprint density at radius 3 is 2.53 bits per heavy atom. The molecule has 0 saturated carbocycles. The van der Waals surface area contributed by atoms with Crippen molar-refractivity contribution in [1.29, 1.82) is 0 Å². The summed E-state index contributed by atoms with van der Waals surface area (Å²) < 4.78 is 0. The lowest BCUT2D eigenvalue weighted by Crippen LogP contribution is -2.39. The van der Waals surface area contributed by atoms with Crippen molar-refractivity contribution < 1.29 is 0 Å². The highest BCUT2D eigenvalue weighted by molar-refractivity contribution is 6.20. The van der Waals surface area contributed by atoms with E-state index in [2.05, 4.69) is 37.7 Å². The van der Waals surface area contributed by atoms with E-state index in [4.69, 9.17) is 11.6 Å². The SMILES string of the molecule is CCCCCCN1N=CN(CC(C)(C)C)C1Cl. The van der Waals surface area contributed by atoms with Crippen LogP contribution in [0.5, 0.6) is 0 Å². The van der Waals surface area contributed by atoms with Crippen molar-refractivity contribution in [2.24, 2.45) is 10.5 Å². The van der Waals surface area contributed by atoms with Crippen molar-refractivity contribution in [2.75, 3.05) is 13.1 Å². The van der Waals surface area contributed by atoms with Crippen molar-refractivity contribution in [1.82, 2.24) is 9.91 Å². The molecule has 0 aromatic heterocycles. The minimum absolute atomic E-state index is 0.101. The largest absolute Gasteiger partial charge is 0.326 e. The average Bonchev–Trinajstić information content (AvgIpc) is 2.54. The fraction of sp³-hybridized carbons (Fsp3) is 0.923. The summed E-state index contributed by atoms with van der Waals surface area (Å²) in [5, 5.41) is 6.37. The maximum absolute atomic E-state index is 6.39. The first-order chi connectivity index (χ1) is 7.94. The Morgan fingerprint density at radius 1 is 1.24 bits per heavy atom. The van der Waals surface area contributed by atoms with Gasteiger partial charge in [-0.1, -0.05) is 58.6 Å². The standard InChI is InChI=1S/C13H26ClN3/c1-5-6-7-8-9-17-12(14)16(11-15-17)10-13(2,3)4/h11-12H,5-10H2,1-4H3. The predicted molar refractivity (Wildman–Crippen MR) is 75.1 cm³/mol. The second-order valence-corrected chi connectivity index (χ2v) is 6.39. The van der Waals surface area contributed by atoms with Gasteiger partial charge in [-0.15, -0.1) is 0 Å². The zero-order valence-corrected chi connectivity index (χ0v) is 12.4. The van der Waals surface area contributed by atoms with Gasteiger partial charge in [0.1, 0.15) is 6.34 Å². The number of alkyl halides is 1. The molecular formula is C13H26ClN3. The molecule has 0 aliphatic carbocycles. The Morgan fingerprint density at radius 2 is 1.94 bits per heavy atom. The Labute approximate surface area is 111 Å². The number of nitrogens with zero attached hydrogens (tertiary/aromatic N) is 3. The molecule has 0 N–H and O–H groups in total. The van der Waals surface area contributed by atoms with Crippen LogP contribution >= 0.6 is 11.6 Å². The fourth-order valence-electron chi connectivity index (χ4n) is 1.94. The van der Waals surface area contributed by atoms with E-state index < -0.39 is 0 Å². The molecule has 100 valence electrons. The lowest BCUT2D eigenvalue weighted by atomic mass is 9.96. The number of halogens is 1. The molecule has 1 rings (SSSR count). The van der Waals surface area contributed by atoms with Crippen molar-refractivity contribution in [3.8, 4) is 0 Å². The average molecular weight is 260 g/mol. The Hall–Kier alpha value is -0.440. The van der Waals surface area contributed by atoms with Crippen LogP contribution in [0.4, 0.5) is 0 Å². The summed E-state index contributed by atoms with van der Waals surface area (Å²) in [4.78, 5) is 2.11. The van der Waals surface area contributed by atoms with Crippen molar-refractivity contribution in [2.45, 2.75) is 59.0 Å². The first-order valence-corrected chi connectivity index (χ1v) is 7.08. The summed E-state index contributed by atoms with van der Waals surface area (Å²) in [6, 6.07) is 0. The van der Waals surface area contributed by atoms with Crippen LogP contribution in [-0.2, 0) is 0 Å². The van der Waals surface area contributed by atoms with Crippen LogP contribution in [0.15, 0.2) is 5.10 Å². The van der Waals surface area contributed by atoms with Crippen LogP contribution in [0.1, 0.15) is 53.4 Å². The van der Waals surface area contributed by atoms with E-state index in [1.54, 1.807) is 0 Å². The van der Waals surface area contributed by atoms with Gasteiger partial charge < -0.3 is 4.90 Å². The van der Waals surface area contributed by atoms with Crippen LogP contribution in [0.3, 0.4) is 0 Å². The summed E-state index contributed by atoms with van der Waals surface area (Å²) in [6.45, 7) is 10.8. The van der Waals surface area contributed by atoms with Crippen molar-refractivity contribution >= 4 is 17.9 Å². The smallest absolute Gasteiger partial charge is 0.195 e. The topological polar surface area (TPSA) is 18.8 Å². The van der Waals surface area contributed by atoms with Crippen LogP contribution in [0.25, 0.3) is 0 Å². The Kier molecular flexibility index (Phi) is 5.57. The first kappa shape index (κ1) is 14.6. The number of hydrogen-bond donors (Lipinski definition) is 0. The molecule has 0 radical (unpaired) electrons. The summed E-state index contributed by atoms with van der Waals surface area (Å²) in [5.41, 5.74) is 0.146. The summed E-state index contributed by atoms with van der Waals surface area (Å²) in [7, 11) is 0. The first-order valence-electron chi connectivity index (χ1n) is 6.64. The number of rotatable bonds is 6. The van der Waals surface area contributed by atoms with Gasteiger partial charge in [0.2, 0.25) is 0 Å². The van der Waals surface area contributed by atoms with Crippen LogP contribution in [-0.4, -0.2) is 35.0 Å². The molecule has 0 saturated heterocycles. The number of hydrogen-bond acceptors (Lipinski definition) is 3. The molecule has 1 aliphatic rings. The highest BCUT2D eigenvalue weighted by atomic mass is 35.5. The summed E-state index contributed by atoms with van der Waals surface area (Å²) >= 11 is 6.39. The van der Waals surface area contributed by atoms with Gasteiger partial charge in [-0.3, -0.25) is 5.01 Å². The quantitative estimate of drug-likeness (QED) is 0.412. The van der Waals surface area contributed by atoms with E-state index >= 15 is 0 Å². The molecule has 17 heavy (non-hydrogen) atoms. The van der Waals surface area contributed by atoms with E-state index in [0.29, 0.717) is 0 Å². The van der Waals surface area contributed by atoms with E-state index in [9.17, 15) is 0 Å². The highest BCUT2D eigenvalue weighted by Crippen LogP contribution is 2.23. The van der Waals surface area contributed by atoms with Gasteiger partial charge in [0, 0.05) is 13.1 Å². The van der Waals surface area contributed by atoms with E-state index in [-0.39, 0.29) is 11.0 Å². The number of hydrazone groups is 1. The summed E-state index contributed by atoms with van der Waals surface area (Å²) in [6.07, 6.45) is 6.89. The Balaban J connectivity index is 2.30. The summed E-state index contributed by atoms with van der Waals surface area (Å²) in [5.74, 6) is 0. The lowest BCUT2D eigenvalue weighted by Gasteiger charge is -2.30. The molecule has 3 nitrogen and oxygen atoms in total. The molecular weight excluding hydrogens is 234 g/mol. The maximum Gasteiger partial charge on any atom is 0.195 e.